The van der Waals surface area contributed by atoms with Crippen molar-refractivity contribution in [2.45, 2.75) is 18.9 Å². The van der Waals surface area contributed by atoms with Gasteiger partial charge in [0.2, 0.25) is 0 Å². The maximum atomic E-state index is 13.4. The molecule has 1 rings (SSSR count). The number of benzene rings is 1. The summed E-state index contributed by atoms with van der Waals surface area (Å²) in [5.41, 5.74) is 5.98. The molecule has 0 bridgehead atoms. The fourth-order valence-corrected chi connectivity index (χ4v) is 1.80. The number of aliphatic hydroxyl groups is 1. The maximum absolute atomic E-state index is 13.4. The van der Waals surface area contributed by atoms with Gasteiger partial charge in [0.25, 0.3) is 0 Å². The van der Waals surface area contributed by atoms with E-state index < -0.39 is 11.9 Å². The fraction of sp³-hybridized carbons (Fsp3) is 0.400. The van der Waals surface area contributed by atoms with Crippen LogP contribution in [-0.4, -0.2) is 11.7 Å². The zero-order chi connectivity index (χ0) is 11.4. The minimum Gasteiger partial charge on any atom is -0.396 e. The van der Waals surface area contributed by atoms with E-state index >= 15 is 0 Å². The van der Waals surface area contributed by atoms with Crippen LogP contribution in [0.2, 0.25) is 10.0 Å². The summed E-state index contributed by atoms with van der Waals surface area (Å²) in [4.78, 5) is 0. The van der Waals surface area contributed by atoms with E-state index in [0.29, 0.717) is 12.8 Å². The van der Waals surface area contributed by atoms with Crippen molar-refractivity contribution < 1.29 is 9.50 Å². The number of halogens is 3. The molecule has 0 spiro atoms. The molecule has 15 heavy (non-hydrogen) atoms. The average molecular weight is 252 g/mol. The Hall–Kier alpha value is -0.350. The van der Waals surface area contributed by atoms with Crippen molar-refractivity contribution in [3.05, 3.63) is 33.6 Å². The van der Waals surface area contributed by atoms with Crippen molar-refractivity contribution in [2.75, 3.05) is 6.61 Å². The first kappa shape index (κ1) is 12.7. The molecule has 0 saturated carbocycles. The molecule has 1 aromatic rings. The van der Waals surface area contributed by atoms with Crippen LogP contribution in [0.15, 0.2) is 12.1 Å². The summed E-state index contributed by atoms with van der Waals surface area (Å²) in [7, 11) is 0. The van der Waals surface area contributed by atoms with Gasteiger partial charge in [-0.1, -0.05) is 23.2 Å². The Balaban J connectivity index is 2.96. The van der Waals surface area contributed by atoms with E-state index in [4.69, 9.17) is 34.0 Å². The van der Waals surface area contributed by atoms with Gasteiger partial charge in [-0.15, -0.1) is 0 Å². The molecule has 1 aromatic carbocycles. The Bertz CT molecular complexity index is 346. The van der Waals surface area contributed by atoms with Crippen molar-refractivity contribution in [3.63, 3.8) is 0 Å². The van der Waals surface area contributed by atoms with Gasteiger partial charge in [-0.05, 0) is 25.0 Å². The van der Waals surface area contributed by atoms with E-state index in [-0.39, 0.29) is 22.2 Å². The van der Waals surface area contributed by atoms with Crippen LogP contribution in [-0.2, 0) is 0 Å². The summed E-state index contributed by atoms with van der Waals surface area (Å²) < 4.78 is 13.4. The lowest BCUT2D eigenvalue weighted by Crippen LogP contribution is -2.13. The molecule has 2 nitrogen and oxygen atoms in total. The Labute approximate surface area is 97.8 Å². The number of hydrogen-bond donors (Lipinski definition) is 2. The summed E-state index contributed by atoms with van der Waals surface area (Å²) in [5, 5.41) is 9.09. The van der Waals surface area contributed by atoms with Gasteiger partial charge >= 0.3 is 0 Å². The first-order valence-corrected chi connectivity index (χ1v) is 5.33. The SMILES string of the molecule is N[C@H](CCCO)c1c(F)ccc(Cl)c1Cl. The van der Waals surface area contributed by atoms with Crippen LogP contribution >= 0.6 is 23.2 Å². The molecule has 0 saturated heterocycles. The van der Waals surface area contributed by atoms with Gasteiger partial charge in [-0.3, -0.25) is 0 Å². The van der Waals surface area contributed by atoms with Crippen LogP contribution < -0.4 is 5.73 Å². The molecular weight excluding hydrogens is 240 g/mol. The molecule has 0 aliphatic rings. The first-order valence-electron chi connectivity index (χ1n) is 4.57. The highest BCUT2D eigenvalue weighted by Crippen LogP contribution is 2.32. The second-order valence-electron chi connectivity index (χ2n) is 3.23. The van der Waals surface area contributed by atoms with Gasteiger partial charge in [0.05, 0.1) is 10.0 Å². The van der Waals surface area contributed by atoms with E-state index in [1.54, 1.807) is 0 Å². The lowest BCUT2D eigenvalue weighted by atomic mass is 10.0. The van der Waals surface area contributed by atoms with E-state index in [1.807, 2.05) is 0 Å². The monoisotopic (exact) mass is 251 g/mol. The zero-order valence-corrected chi connectivity index (χ0v) is 9.52. The quantitative estimate of drug-likeness (QED) is 0.809. The standard InChI is InChI=1S/C10H12Cl2FNO/c11-6-3-4-7(13)9(10(6)12)8(14)2-1-5-15/h3-4,8,15H,1-2,5,14H2/t8-/m1/s1. The van der Waals surface area contributed by atoms with Crippen LogP contribution in [0.4, 0.5) is 4.39 Å². The predicted octanol–water partition coefficient (Wildman–Crippen LogP) is 2.90. The molecule has 0 aromatic heterocycles. The molecule has 84 valence electrons. The lowest BCUT2D eigenvalue weighted by molar-refractivity contribution is 0.279. The van der Waals surface area contributed by atoms with E-state index in [2.05, 4.69) is 0 Å². The molecule has 3 N–H and O–H groups in total. The van der Waals surface area contributed by atoms with E-state index in [9.17, 15) is 4.39 Å². The predicted molar refractivity (Wildman–Crippen MR) is 59.7 cm³/mol. The van der Waals surface area contributed by atoms with Crippen LogP contribution in [0, 0.1) is 5.82 Å². The lowest BCUT2D eigenvalue weighted by Gasteiger charge is -2.14. The number of hydrogen-bond acceptors (Lipinski definition) is 2. The topological polar surface area (TPSA) is 46.2 Å². The molecule has 1 atom stereocenters. The summed E-state index contributed by atoms with van der Waals surface area (Å²) in [5.74, 6) is -0.463. The van der Waals surface area contributed by atoms with Crippen LogP contribution in [0.25, 0.3) is 0 Å². The third-order valence-corrected chi connectivity index (χ3v) is 2.94. The average Bonchev–Trinajstić information content (AvgIpc) is 2.21. The smallest absolute Gasteiger partial charge is 0.129 e. The summed E-state index contributed by atoms with van der Waals surface area (Å²) in [6, 6.07) is 2.09. The molecule has 5 heteroatoms. The van der Waals surface area contributed by atoms with Crippen molar-refractivity contribution >= 4 is 23.2 Å². The number of aliphatic hydroxyl groups excluding tert-OH is 1. The second-order valence-corrected chi connectivity index (χ2v) is 4.01. The molecule has 0 aliphatic carbocycles. The third-order valence-electron chi connectivity index (χ3n) is 2.12. The summed E-state index contributed by atoms with van der Waals surface area (Å²) in [6.45, 7) is 0.0213. The van der Waals surface area contributed by atoms with E-state index in [0.717, 1.165) is 0 Å². The molecule has 0 radical (unpaired) electrons. The molecule has 0 fully saturated rings. The van der Waals surface area contributed by atoms with Gasteiger partial charge in [-0.2, -0.15) is 0 Å². The minimum atomic E-state index is -0.539. The molecule has 0 unspecified atom stereocenters. The summed E-state index contributed by atoms with van der Waals surface area (Å²) in [6.07, 6.45) is 0.969. The van der Waals surface area contributed by atoms with E-state index in [1.165, 1.54) is 12.1 Å². The molecule has 0 aliphatic heterocycles. The Kier molecular flexibility index (Phi) is 4.80. The Morgan fingerprint density at radius 2 is 2.07 bits per heavy atom. The summed E-state index contributed by atoms with van der Waals surface area (Å²) >= 11 is 11.6. The molecule has 0 heterocycles. The maximum Gasteiger partial charge on any atom is 0.129 e. The Morgan fingerprint density at radius 3 is 2.67 bits per heavy atom. The fourth-order valence-electron chi connectivity index (χ4n) is 1.34. The van der Waals surface area contributed by atoms with Gasteiger partial charge < -0.3 is 10.8 Å². The normalized spacial score (nSPS) is 12.9. The third kappa shape index (κ3) is 3.05. The van der Waals surface area contributed by atoms with Gasteiger partial charge in [0.1, 0.15) is 5.82 Å². The second kappa shape index (κ2) is 5.66. The van der Waals surface area contributed by atoms with Crippen LogP contribution in [0.1, 0.15) is 24.4 Å². The largest absolute Gasteiger partial charge is 0.396 e. The van der Waals surface area contributed by atoms with Gasteiger partial charge in [0, 0.05) is 18.2 Å². The van der Waals surface area contributed by atoms with Gasteiger partial charge in [0.15, 0.2) is 0 Å². The molecule has 0 amide bonds. The zero-order valence-electron chi connectivity index (χ0n) is 8.01. The highest BCUT2D eigenvalue weighted by molar-refractivity contribution is 6.42. The van der Waals surface area contributed by atoms with Crippen molar-refractivity contribution in [1.29, 1.82) is 0 Å². The highest BCUT2D eigenvalue weighted by atomic mass is 35.5. The van der Waals surface area contributed by atoms with Crippen molar-refractivity contribution in [1.82, 2.24) is 0 Å². The van der Waals surface area contributed by atoms with Crippen LogP contribution in [0.3, 0.4) is 0 Å². The number of nitrogens with two attached hydrogens (primary N) is 1. The van der Waals surface area contributed by atoms with Crippen LogP contribution in [0.5, 0.6) is 0 Å². The first-order chi connectivity index (χ1) is 7.07. The van der Waals surface area contributed by atoms with Crippen molar-refractivity contribution in [3.8, 4) is 0 Å². The molecular formula is C10H12Cl2FNO. The van der Waals surface area contributed by atoms with Gasteiger partial charge in [-0.25, -0.2) is 4.39 Å². The minimum absolute atomic E-state index is 0.0213. The Morgan fingerprint density at radius 1 is 1.40 bits per heavy atom. The van der Waals surface area contributed by atoms with Crippen molar-refractivity contribution in [2.24, 2.45) is 5.73 Å². The highest BCUT2D eigenvalue weighted by Gasteiger charge is 2.17. The number of rotatable bonds is 4.